The third-order valence-electron chi connectivity index (χ3n) is 3.99. The first-order valence-corrected chi connectivity index (χ1v) is 9.58. The molecule has 0 aliphatic heterocycles. The van der Waals surface area contributed by atoms with E-state index in [9.17, 15) is 18.0 Å². The van der Waals surface area contributed by atoms with Crippen LogP contribution in [0.5, 0.6) is 5.75 Å². The van der Waals surface area contributed by atoms with Crippen molar-refractivity contribution in [2.45, 2.75) is 26.1 Å². The molecule has 1 aromatic carbocycles. The number of hydrogen-bond acceptors (Lipinski definition) is 5. The van der Waals surface area contributed by atoms with E-state index in [1.54, 1.807) is 25.1 Å². The second-order valence-electron chi connectivity index (χ2n) is 6.35. The Morgan fingerprint density at radius 1 is 1.28 bits per heavy atom. The summed E-state index contributed by atoms with van der Waals surface area (Å²) in [6.45, 7) is 2.28. The fourth-order valence-electron chi connectivity index (χ4n) is 2.57. The van der Waals surface area contributed by atoms with Crippen LogP contribution in [0.15, 0.2) is 48.0 Å². The molecule has 1 amide bonds. The zero-order valence-electron chi connectivity index (χ0n) is 15.7. The van der Waals surface area contributed by atoms with Crippen LogP contribution in [0, 0.1) is 6.92 Å². The first-order chi connectivity index (χ1) is 13.7. The molecule has 29 heavy (non-hydrogen) atoms. The number of ether oxygens (including phenoxy) is 1. The van der Waals surface area contributed by atoms with Crippen molar-refractivity contribution in [1.29, 1.82) is 0 Å². The van der Waals surface area contributed by atoms with Crippen LogP contribution in [0.4, 0.5) is 13.2 Å². The van der Waals surface area contributed by atoms with Crippen LogP contribution in [0.2, 0.25) is 0 Å². The average molecular weight is 421 g/mol. The Kier molecular flexibility index (Phi) is 6.17. The first-order valence-electron chi connectivity index (χ1n) is 8.70. The number of nitrogens with one attached hydrogen (secondary N) is 1. The smallest absolute Gasteiger partial charge is 0.422 e. The minimum Gasteiger partial charge on any atom is -0.483 e. The lowest BCUT2D eigenvalue weighted by molar-refractivity contribution is -0.153. The normalized spacial score (nSPS) is 12.4. The zero-order chi connectivity index (χ0) is 21.0. The van der Waals surface area contributed by atoms with Crippen LogP contribution in [0.1, 0.15) is 34.0 Å². The number of carbonyl (C=O) groups is 1. The van der Waals surface area contributed by atoms with Crippen LogP contribution in [0.3, 0.4) is 0 Å². The van der Waals surface area contributed by atoms with Crippen molar-refractivity contribution in [3.05, 3.63) is 64.2 Å². The highest BCUT2D eigenvalue weighted by atomic mass is 32.1. The monoisotopic (exact) mass is 421 g/mol. The molecule has 1 unspecified atom stereocenters. The fraction of sp³-hybridized carbons (Fsp3) is 0.250. The SMILES string of the molecule is Cc1nc(-c2cccc(C(=O)NC(C)c3ccc(OCC(F)(F)F)cn3)c2)cs1. The lowest BCUT2D eigenvalue weighted by Crippen LogP contribution is -2.27. The second kappa shape index (κ2) is 8.60. The highest BCUT2D eigenvalue weighted by Crippen LogP contribution is 2.23. The number of aromatic nitrogens is 2. The average Bonchev–Trinajstić information content (AvgIpc) is 3.12. The highest BCUT2D eigenvalue weighted by Gasteiger charge is 2.28. The summed E-state index contributed by atoms with van der Waals surface area (Å²) in [4.78, 5) is 21.1. The number of halogens is 3. The molecule has 9 heteroatoms. The van der Waals surface area contributed by atoms with Gasteiger partial charge in [-0.3, -0.25) is 9.78 Å². The van der Waals surface area contributed by atoms with Crippen LogP contribution < -0.4 is 10.1 Å². The number of nitrogens with zero attached hydrogens (tertiary/aromatic N) is 2. The molecule has 3 aromatic rings. The Balaban J connectivity index is 1.64. The number of carbonyl (C=O) groups excluding carboxylic acids is 1. The number of rotatable bonds is 6. The molecule has 5 nitrogen and oxygen atoms in total. The van der Waals surface area contributed by atoms with Gasteiger partial charge in [0.05, 0.1) is 28.6 Å². The molecule has 0 aliphatic rings. The Morgan fingerprint density at radius 2 is 2.07 bits per heavy atom. The van der Waals surface area contributed by atoms with Crippen molar-refractivity contribution in [2.24, 2.45) is 0 Å². The molecule has 0 spiro atoms. The maximum Gasteiger partial charge on any atom is 0.422 e. The van der Waals surface area contributed by atoms with Gasteiger partial charge in [-0.05, 0) is 38.1 Å². The molecule has 1 atom stereocenters. The molecule has 152 valence electrons. The molecule has 1 N–H and O–H groups in total. The van der Waals surface area contributed by atoms with Gasteiger partial charge in [-0.15, -0.1) is 11.3 Å². The molecule has 0 saturated heterocycles. The Morgan fingerprint density at radius 3 is 2.69 bits per heavy atom. The number of hydrogen-bond donors (Lipinski definition) is 1. The minimum atomic E-state index is -4.41. The quantitative estimate of drug-likeness (QED) is 0.612. The number of alkyl halides is 3. The van der Waals surface area contributed by atoms with Gasteiger partial charge in [0.15, 0.2) is 6.61 Å². The number of thiazole rings is 1. The van der Waals surface area contributed by atoms with E-state index in [0.29, 0.717) is 11.3 Å². The van der Waals surface area contributed by atoms with Crippen LogP contribution >= 0.6 is 11.3 Å². The highest BCUT2D eigenvalue weighted by molar-refractivity contribution is 7.09. The maximum absolute atomic E-state index is 12.6. The summed E-state index contributed by atoms with van der Waals surface area (Å²) in [7, 11) is 0. The molecule has 3 rings (SSSR count). The number of pyridine rings is 1. The van der Waals surface area contributed by atoms with Gasteiger partial charge in [0.2, 0.25) is 0 Å². The zero-order valence-corrected chi connectivity index (χ0v) is 16.5. The number of benzene rings is 1. The minimum absolute atomic E-state index is 0.0101. The van der Waals surface area contributed by atoms with E-state index in [0.717, 1.165) is 16.3 Å². The Bertz CT molecular complexity index is 987. The summed E-state index contributed by atoms with van der Waals surface area (Å²) >= 11 is 1.53. The van der Waals surface area contributed by atoms with E-state index in [-0.39, 0.29) is 11.7 Å². The van der Waals surface area contributed by atoms with E-state index in [1.807, 2.05) is 18.4 Å². The third kappa shape index (κ3) is 5.77. The van der Waals surface area contributed by atoms with Crippen LogP contribution in [-0.2, 0) is 0 Å². The van der Waals surface area contributed by atoms with E-state index in [2.05, 4.69) is 20.0 Å². The molecule has 2 aromatic heterocycles. The molecular formula is C20H18F3N3O2S. The van der Waals surface area contributed by atoms with E-state index in [1.165, 1.54) is 29.7 Å². The summed E-state index contributed by atoms with van der Waals surface area (Å²) in [6, 6.07) is 9.60. The first kappa shape index (κ1) is 20.8. The van der Waals surface area contributed by atoms with Crippen LogP contribution in [-0.4, -0.2) is 28.7 Å². The summed E-state index contributed by atoms with van der Waals surface area (Å²) < 4.78 is 41.2. The van der Waals surface area contributed by atoms with Gasteiger partial charge in [-0.1, -0.05) is 12.1 Å². The summed E-state index contributed by atoms with van der Waals surface area (Å²) in [5.74, 6) is -0.277. The second-order valence-corrected chi connectivity index (χ2v) is 7.41. The molecule has 0 aliphatic carbocycles. The van der Waals surface area contributed by atoms with Crippen LogP contribution in [0.25, 0.3) is 11.3 Å². The summed E-state index contributed by atoms with van der Waals surface area (Å²) in [5, 5.41) is 5.71. The maximum atomic E-state index is 12.6. The predicted molar refractivity (Wildman–Crippen MR) is 104 cm³/mol. The summed E-state index contributed by atoms with van der Waals surface area (Å²) in [6.07, 6.45) is -3.21. The van der Waals surface area contributed by atoms with Crippen molar-refractivity contribution in [3.63, 3.8) is 0 Å². The van der Waals surface area contributed by atoms with Gasteiger partial charge < -0.3 is 10.1 Å². The van der Waals surface area contributed by atoms with Gasteiger partial charge in [-0.25, -0.2) is 4.98 Å². The fourth-order valence-corrected chi connectivity index (χ4v) is 3.19. The number of amides is 1. The van der Waals surface area contributed by atoms with Gasteiger partial charge in [0.25, 0.3) is 5.91 Å². The molecular weight excluding hydrogens is 403 g/mol. The van der Waals surface area contributed by atoms with Crippen molar-refractivity contribution >= 4 is 17.2 Å². The molecule has 0 fully saturated rings. The largest absolute Gasteiger partial charge is 0.483 e. The standard InChI is InChI=1S/C20H18F3N3O2S/c1-12(17-7-6-16(9-24-17)28-11-20(21,22)23)25-19(27)15-5-3-4-14(8-15)18-10-29-13(2)26-18/h3-10,12H,11H2,1-2H3,(H,25,27). The van der Waals surface area contributed by atoms with E-state index in [4.69, 9.17) is 0 Å². The van der Waals surface area contributed by atoms with Crippen molar-refractivity contribution in [1.82, 2.24) is 15.3 Å². The molecule has 2 heterocycles. The summed E-state index contributed by atoms with van der Waals surface area (Å²) in [5.41, 5.74) is 2.64. The third-order valence-corrected chi connectivity index (χ3v) is 4.77. The molecule has 0 saturated carbocycles. The van der Waals surface area contributed by atoms with E-state index >= 15 is 0 Å². The Labute approximate surface area is 169 Å². The molecule has 0 radical (unpaired) electrons. The Hall–Kier alpha value is -2.94. The van der Waals surface area contributed by atoms with Gasteiger partial charge in [0, 0.05) is 16.5 Å². The lowest BCUT2D eigenvalue weighted by Gasteiger charge is -2.15. The predicted octanol–water partition coefficient (Wildman–Crippen LogP) is 4.95. The number of aryl methyl sites for hydroxylation is 1. The van der Waals surface area contributed by atoms with Crippen molar-refractivity contribution in [3.8, 4) is 17.0 Å². The van der Waals surface area contributed by atoms with Crippen molar-refractivity contribution < 1.29 is 22.7 Å². The van der Waals surface area contributed by atoms with E-state index < -0.39 is 18.8 Å². The topological polar surface area (TPSA) is 64.1 Å². The van der Waals surface area contributed by atoms with Gasteiger partial charge >= 0.3 is 6.18 Å². The van der Waals surface area contributed by atoms with Gasteiger partial charge in [0.1, 0.15) is 5.75 Å². The lowest BCUT2D eigenvalue weighted by atomic mass is 10.1. The van der Waals surface area contributed by atoms with Crippen molar-refractivity contribution in [2.75, 3.05) is 6.61 Å². The molecule has 0 bridgehead atoms. The van der Waals surface area contributed by atoms with Gasteiger partial charge in [-0.2, -0.15) is 13.2 Å².